The van der Waals surface area contributed by atoms with Crippen molar-refractivity contribution in [3.63, 3.8) is 0 Å². The number of hydrogen-bond donors (Lipinski definition) is 1. The van der Waals surface area contributed by atoms with Gasteiger partial charge in [0.15, 0.2) is 6.10 Å². The number of nitrogens with zero attached hydrogens (tertiary/aromatic N) is 2. The highest BCUT2D eigenvalue weighted by atomic mass is 16.6. The van der Waals surface area contributed by atoms with Crippen LogP contribution in [0.4, 0.5) is 5.82 Å². The number of aryl methyl sites for hydroxylation is 1. The van der Waals surface area contributed by atoms with E-state index in [0.29, 0.717) is 17.5 Å². The number of aromatic nitrogens is 1. The number of ether oxygens (including phenoxy) is 1. The molecule has 1 saturated carbocycles. The topological polar surface area (TPSA) is 94.4 Å². The van der Waals surface area contributed by atoms with Gasteiger partial charge in [-0.1, -0.05) is 26.7 Å². The predicted molar refractivity (Wildman–Crippen MR) is 89.8 cm³/mol. The maximum atomic E-state index is 12.4. The minimum atomic E-state index is -0.822. The standard InChI is InChI=1S/C17H25N3O4/c1-10-6-5-7-14(12(10)3)19-17(21)13(4)24-15-9-8-11(2)18-16(15)20(22)23/h8-10,12-14H,5-7H2,1-4H3,(H,19,21). The first-order valence-electron chi connectivity index (χ1n) is 8.38. The Labute approximate surface area is 142 Å². The van der Waals surface area contributed by atoms with Crippen molar-refractivity contribution in [3.05, 3.63) is 27.9 Å². The molecule has 7 nitrogen and oxygen atoms in total. The second kappa shape index (κ2) is 7.59. The fraction of sp³-hybridized carbons (Fsp3) is 0.647. The maximum absolute atomic E-state index is 12.4. The van der Waals surface area contributed by atoms with Crippen LogP contribution in [0, 0.1) is 28.9 Å². The second-order valence-electron chi connectivity index (χ2n) is 6.67. The van der Waals surface area contributed by atoms with Gasteiger partial charge in [-0.05, 0) is 47.2 Å². The van der Waals surface area contributed by atoms with Gasteiger partial charge < -0.3 is 20.2 Å². The van der Waals surface area contributed by atoms with Gasteiger partial charge in [0.05, 0.1) is 0 Å². The molecule has 2 rings (SSSR count). The smallest absolute Gasteiger partial charge is 0.406 e. The van der Waals surface area contributed by atoms with Crippen LogP contribution in [0.2, 0.25) is 0 Å². The summed E-state index contributed by atoms with van der Waals surface area (Å²) >= 11 is 0. The number of amides is 1. The van der Waals surface area contributed by atoms with Crippen molar-refractivity contribution in [2.75, 3.05) is 0 Å². The molecule has 1 N–H and O–H groups in total. The van der Waals surface area contributed by atoms with Crippen molar-refractivity contribution >= 4 is 11.7 Å². The third-order valence-electron chi connectivity index (χ3n) is 4.86. The summed E-state index contributed by atoms with van der Waals surface area (Å²) in [4.78, 5) is 26.7. The molecule has 1 aliphatic rings. The number of carbonyl (C=O) groups excluding carboxylic acids is 1. The average molecular weight is 335 g/mol. The number of nitro groups is 1. The van der Waals surface area contributed by atoms with E-state index >= 15 is 0 Å². The molecule has 132 valence electrons. The molecule has 0 radical (unpaired) electrons. The van der Waals surface area contributed by atoms with Gasteiger partial charge in [0, 0.05) is 13.0 Å². The lowest BCUT2D eigenvalue weighted by Crippen LogP contribution is -2.48. The lowest BCUT2D eigenvalue weighted by Gasteiger charge is -2.35. The van der Waals surface area contributed by atoms with Crippen LogP contribution in [-0.4, -0.2) is 28.0 Å². The van der Waals surface area contributed by atoms with Crippen LogP contribution in [0.5, 0.6) is 5.75 Å². The Morgan fingerprint density at radius 3 is 2.79 bits per heavy atom. The molecule has 1 aromatic heterocycles. The van der Waals surface area contributed by atoms with Gasteiger partial charge in [0.1, 0.15) is 5.69 Å². The van der Waals surface area contributed by atoms with Crippen LogP contribution in [-0.2, 0) is 4.79 Å². The zero-order valence-corrected chi connectivity index (χ0v) is 14.6. The molecule has 1 aromatic rings. The Bertz CT molecular complexity index is 620. The highest BCUT2D eigenvalue weighted by molar-refractivity contribution is 5.81. The summed E-state index contributed by atoms with van der Waals surface area (Å²) in [6.07, 6.45) is 2.41. The third kappa shape index (κ3) is 4.21. The van der Waals surface area contributed by atoms with Crippen LogP contribution >= 0.6 is 0 Å². The van der Waals surface area contributed by atoms with Gasteiger partial charge in [-0.2, -0.15) is 0 Å². The molecular formula is C17H25N3O4. The Morgan fingerprint density at radius 2 is 2.12 bits per heavy atom. The van der Waals surface area contributed by atoms with E-state index in [1.54, 1.807) is 19.9 Å². The lowest BCUT2D eigenvalue weighted by atomic mass is 9.78. The molecule has 1 heterocycles. The number of pyridine rings is 1. The Kier molecular flexibility index (Phi) is 5.75. The Balaban J connectivity index is 2.03. The summed E-state index contributed by atoms with van der Waals surface area (Å²) in [5, 5.41) is 14.1. The van der Waals surface area contributed by atoms with Gasteiger partial charge in [0.2, 0.25) is 5.75 Å². The van der Waals surface area contributed by atoms with Gasteiger partial charge in [0.25, 0.3) is 5.91 Å². The Hall–Kier alpha value is -2.18. The monoisotopic (exact) mass is 335 g/mol. The zero-order valence-electron chi connectivity index (χ0n) is 14.6. The summed E-state index contributed by atoms with van der Waals surface area (Å²) in [5.41, 5.74) is 0.524. The zero-order chi connectivity index (χ0) is 17.9. The van der Waals surface area contributed by atoms with Crippen molar-refractivity contribution in [2.45, 2.75) is 59.1 Å². The van der Waals surface area contributed by atoms with E-state index < -0.39 is 11.0 Å². The fourth-order valence-electron chi connectivity index (χ4n) is 3.08. The van der Waals surface area contributed by atoms with Crippen LogP contribution in [0.15, 0.2) is 12.1 Å². The van der Waals surface area contributed by atoms with E-state index in [9.17, 15) is 14.9 Å². The van der Waals surface area contributed by atoms with Crippen molar-refractivity contribution in [1.29, 1.82) is 0 Å². The fourth-order valence-corrected chi connectivity index (χ4v) is 3.08. The summed E-state index contributed by atoms with van der Waals surface area (Å²) in [6, 6.07) is 3.23. The second-order valence-corrected chi connectivity index (χ2v) is 6.67. The van der Waals surface area contributed by atoms with E-state index in [4.69, 9.17) is 4.74 Å². The van der Waals surface area contributed by atoms with E-state index in [2.05, 4.69) is 24.1 Å². The average Bonchev–Trinajstić information content (AvgIpc) is 2.53. The maximum Gasteiger partial charge on any atom is 0.406 e. The first kappa shape index (κ1) is 18.2. The number of nitrogens with one attached hydrogen (secondary N) is 1. The number of rotatable bonds is 5. The number of carbonyl (C=O) groups is 1. The first-order valence-corrected chi connectivity index (χ1v) is 8.38. The highest BCUT2D eigenvalue weighted by Gasteiger charge is 2.30. The molecule has 1 fully saturated rings. The molecule has 0 aromatic carbocycles. The molecule has 1 amide bonds. The van der Waals surface area contributed by atoms with E-state index in [1.165, 1.54) is 12.5 Å². The van der Waals surface area contributed by atoms with E-state index in [0.717, 1.165) is 12.8 Å². The molecule has 1 aliphatic carbocycles. The number of hydrogen-bond acceptors (Lipinski definition) is 5. The van der Waals surface area contributed by atoms with Crippen molar-refractivity contribution in [3.8, 4) is 5.75 Å². The molecule has 7 heteroatoms. The molecule has 4 atom stereocenters. The summed E-state index contributed by atoms with van der Waals surface area (Å²) < 4.78 is 5.51. The SMILES string of the molecule is Cc1ccc(OC(C)C(=O)NC2CCCC(C)C2C)c([N+](=O)[O-])n1. The Morgan fingerprint density at radius 1 is 1.42 bits per heavy atom. The molecule has 0 aliphatic heterocycles. The summed E-state index contributed by atoms with van der Waals surface area (Å²) in [6.45, 7) is 7.60. The van der Waals surface area contributed by atoms with E-state index in [-0.39, 0.29) is 23.5 Å². The first-order chi connectivity index (χ1) is 11.3. The minimum Gasteiger partial charge on any atom is -0.473 e. The highest BCUT2D eigenvalue weighted by Crippen LogP contribution is 2.30. The normalized spacial score (nSPS) is 24.9. The molecular weight excluding hydrogens is 310 g/mol. The molecule has 4 unspecified atom stereocenters. The molecule has 0 bridgehead atoms. The van der Waals surface area contributed by atoms with Gasteiger partial charge in [-0.15, -0.1) is 0 Å². The summed E-state index contributed by atoms with van der Waals surface area (Å²) in [7, 11) is 0. The van der Waals surface area contributed by atoms with Crippen molar-refractivity contribution in [1.82, 2.24) is 10.3 Å². The third-order valence-corrected chi connectivity index (χ3v) is 4.86. The van der Waals surface area contributed by atoms with Crippen molar-refractivity contribution in [2.24, 2.45) is 11.8 Å². The molecule has 0 spiro atoms. The molecule has 24 heavy (non-hydrogen) atoms. The molecule has 0 saturated heterocycles. The summed E-state index contributed by atoms with van der Waals surface area (Å²) in [5.74, 6) is 0.372. The van der Waals surface area contributed by atoms with Crippen LogP contribution < -0.4 is 10.1 Å². The largest absolute Gasteiger partial charge is 0.473 e. The van der Waals surface area contributed by atoms with Gasteiger partial charge in [-0.25, -0.2) is 0 Å². The predicted octanol–water partition coefficient (Wildman–Crippen LogP) is 3.01. The van der Waals surface area contributed by atoms with Gasteiger partial charge in [-0.3, -0.25) is 4.79 Å². The van der Waals surface area contributed by atoms with Crippen molar-refractivity contribution < 1.29 is 14.5 Å². The van der Waals surface area contributed by atoms with Crippen LogP contribution in [0.25, 0.3) is 0 Å². The van der Waals surface area contributed by atoms with Crippen LogP contribution in [0.3, 0.4) is 0 Å². The van der Waals surface area contributed by atoms with Gasteiger partial charge >= 0.3 is 5.82 Å². The van der Waals surface area contributed by atoms with Crippen LogP contribution in [0.1, 0.15) is 45.7 Å². The van der Waals surface area contributed by atoms with E-state index in [1.807, 2.05) is 0 Å². The lowest BCUT2D eigenvalue weighted by molar-refractivity contribution is -0.390. The minimum absolute atomic E-state index is 0.0123. The quantitative estimate of drug-likeness (QED) is 0.659.